The second kappa shape index (κ2) is 11.3. The Morgan fingerprint density at radius 1 is 0.689 bits per heavy atom. The van der Waals surface area contributed by atoms with Crippen molar-refractivity contribution in [3.05, 3.63) is 123 Å². The van der Waals surface area contributed by atoms with Crippen molar-refractivity contribution in [2.75, 3.05) is 7.11 Å². The maximum absolute atomic E-state index is 6.29. The predicted octanol–water partition coefficient (Wildman–Crippen LogP) is 11.7. The van der Waals surface area contributed by atoms with Crippen LogP contribution in [0.4, 0.5) is 0 Å². The molecule has 0 N–H and O–H groups in total. The van der Waals surface area contributed by atoms with E-state index >= 15 is 0 Å². The predicted molar refractivity (Wildman–Crippen MR) is 198 cm³/mol. The molecule has 4 aromatic rings. The van der Waals surface area contributed by atoms with Crippen LogP contribution in [0, 0.1) is 0 Å². The molecule has 0 saturated heterocycles. The largest absolute Gasteiger partial charge is 0.496 e. The van der Waals surface area contributed by atoms with E-state index in [1.807, 2.05) is 7.11 Å². The first kappa shape index (κ1) is 31.4. The van der Waals surface area contributed by atoms with Crippen molar-refractivity contribution in [1.82, 2.24) is 0 Å². The van der Waals surface area contributed by atoms with Gasteiger partial charge in [-0.1, -0.05) is 139 Å². The summed E-state index contributed by atoms with van der Waals surface area (Å²) in [5, 5.41) is 0. The molecule has 4 aromatic carbocycles. The van der Waals surface area contributed by atoms with Gasteiger partial charge in [0.25, 0.3) is 0 Å². The van der Waals surface area contributed by atoms with Gasteiger partial charge in [-0.2, -0.15) is 0 Å². The quantitative estimate of drug-likeness (QED) is 0.204. The lowest BCUT2D eigenvalue weighted by atomic mass is 9.76. The molecule has 2 atom stereocenters. The standard InChI is InChI=1S/C43H50OSi/c1-26-22-32-33(25-35(43(6,7)8)40(44-9)38(32)29-20-16-13-17-21-29)36(26)37-27(2)41(45(10)11)34-24-30(42(3,4)5)23-31(39(34)37)28-18-14-12-15-19-28/h12-25,36,41,45H,1-11H3. The fourth-order valence-electron chi connectivity index (χ4n) is 8.01. The van der Waals surface area contributed by atoms with E-state index in [0.717, 1.165) is 5.75 Å². The summed E-state index contributed by atoms with van der Waals surface area (Å²) in [4.78, 5) is 0. The van der Waals surface area contributed by atoms with Gasteiger partial charge in [0.05, 0.1) is 7.11 Å². The highest BCUT2D eigenvalue weighted by Crippen LogP contribution is 2.59. The van der Waals surface area contributed by atoms with E-state index in [4.69, 9.17) is 4.74 Å². The smallest absolute Gasteiger partial charge is 0.131 e. The van der Waals surface area contributed by atoms with Crippen LogP contribution in [-0.4, -0.2) is 15.9 Å². The molecule has 2 heteroatoms. The minimum atomic E-state index is -1.10. The normalized spacial score (nSPS) is 17.9. The molecule has 0 amide bonds. The lowest BCUT2D eigenvalue weighted by Crippen LogP contribution is -2.18. The van der Waals surface area contributed by atoms with E-state index in [-0.39, 0.29) is 16.7 Å². The van der Waals surface area contributed by atoms with Gasteiger partial charge in [-0.05, 0) is 92.4 Å². The lowest BCUT2D eigenvalue weighted by molar-refractivity contribution is 0.399. The number of fused-ring (bicyclic) bond motifs is 2. The third-order valence-electron chi connectivity index (χ3n) is 10.1. The second-order valence-electron chi connectivity index (χ2n) is 15.7. The summed E-state index contributed by atoms with van der Waals surface area (Å²) < 4.78 is 6.29. The van der Waals surface area contributed by atoms with Crippen LogP contribution in [0.1, 0.15) is 100 Å². The summed E-state index contributed by atoms with van der Waals surface area (Å²) in [5.41, 5.74) is 18.7. The van der Waals surface area contributed by atoms with E-state index < -0.39 is 8.80 Å². The average Bonchev–Trinajstić information content (AvgIpc) is 3.47. The van der Waals surface area contributed by atoms with Crippen LogP contribution in [0.5, 0.6) is 5.75 Å². The molecule has 0 fully saturated rings. The molecular weight excluding hydrogens is 561 g/mol. The first-order chi connectivity index (χ1) is 21.2. The summed E-state index contributed by atoms with van der Waals surface area (Å²) in [6.45, 7) is 23.9. The summed E-state index contributed by atoms with van der Waals surface area (Å²) in [6, 6.07) is 29.5. The second-order valence-corrected chi connectivity index (χ2v) is 18.8. The van der Waals surface area contributed by atoms with Gasteiger partial charge in [-0.3, -0.25) is 0 Å². The van der Waals surface area contributed by atoms with Crippen LogP contribution >= 0.6 is 0 Å². The molecule has 2 aliphatic carbocycles. The maximum Gasteiger partial charge on any atom is 0.131 e. The van der Waals surface area contributed by atoms with E-state index in [1.165, 1.54) is 61.2 Å². The molecule has 0 aromatic heterocycles. The summed E-state index contributed by atoms with van der Waals surface area (Å²) >= 11 is 0. The number of rotatable bonds is 5. The molecule has 0 spiro atoms. The molecule has 0 aliphatic heterocycles. The average molecular weight is 611 g/mol. The minimum absolute atomic E-state index is 0.0663. The Balaban J connectivity index is 1.70. The van der Waals surface area contributed by atoms with Crippen LogP contribution in [0.15, 0.2) is 90.0 Å². The number of hydrogen-bond donors (Lipinski definition) is 0. The molecule has 6 rings (SSSR count). The Hall–Kier alpha value is -3.62. The zero-order valence-electron chi connectivity index (χ0n) is 29.2. The topological polar surface area (TPSA) is 9.23 Å². The van der Waals surface area contributed by atoms with Crippen LogP contribution in [0.2, 0.25) is 13.1 Å². The van der Waals surface area contributed by atoms with Gasteiger partial charge in [0.15, 0.2) is 0 Å². The summed E-state index contributed by atoms with van der Waals surface area (Å²) in [6.07, 6.45) is 2.46. The summed E-state index contributed by atoms with van der Waals surface area (Å²) in [7, 11) is 0.735. The van der Waals surface area contributed by atoms with E-state index in [9.17, 15) is 0 Å². The maximum atomic E-state index is 6.29. The Bertz CT molecular complexity index is 1830. The Morgan fingerprint density at radius 3 is 1.82 bits per heavy atom. The third-order valence-corrected chi connectivity index (χ3v) is 12.3. The molecule has 2 aliphatic rings. The van der Waals surface area contributed by atoms with Crippen LogP contribution in [-0.2, 0) is 10.8 Å². The number of methoxy groups -OCH3 is 1. The summed E-state index contributed by atoms with van der Waals surface area (Å²) in [5.74, 6) is 1.20. The molecule has 1 nitrogen and oxygen atoms in total. The molecule has 0 saturated carbocycles. The molecule has 45 heavy (non-hydrogen) atoms. The van der Waals surface area contributed by atoms with Gasteiger partial charge in [0, 0.05) is 25.8 Å². The highest BCUT2D eigenvalue weighted by atomic mass is 28.3. The molecule has 0 bridgehead atoms. The van der Waals surface area contributed by atoms with Crippen molar-refractivity contribution >= 4 is 20.4 Å². The van der Waals surface area contributed by atoms with Crippen molar-refractivity contribution in [3.8, 4) is 28.0 Å². The van der Waals surface area contributed by atoms with Crippen molar-refractivity contribution in [3.63, 3.8) is 0 Å². The third kappa shape index (κ3) is 5.26. The monoisotopic (exact) mass is 610 g/mol. The van der Waals surface area contributed by atoms with Crippen molar-refractivity contribution in [2.45, 2.75) is 90.8 Å². The zero-order valence-corrected chi connectivity index (χ0v) is 30.4. The first-order valence-corrected chi connectivity index (χ1v) is 19.7. The van der Waals surface area contributed by atoms with E-state index in [1.54, 1.807) is 11.1 Å². The molecule has 2 unspecified atom stereocenters. The van der Waals surface area contributed by atoms with Crippen LogP contribution < -0.4 is 4.74 Å². The van der Waals surface area contributed by atoms with Gasteiger partial charge >= 0.3 is 0 Å². The van der Waals surface area contributed by atoms with Crippen molar-refractivity contribution in [1.29, 1.82) is 0 Å². The van der Waals surface area contributed by atoms with Gasteiger partial charge in [0.1, 0.15) is 5.75 Å². The minimum Gasteiger partial charge on any atom is -0.496 e. The number of benzene rings is 4. The van der Waals surface area contributed by atoms with Crippen molar-refractivity contribution < 1.29 is 4.74 Å². The lowest BCUT2D eigenvalue weighted by Gasteiger charge is -2.29. The van der Waals surface area contributed by atoms with Crippen molar-refractivity contribution in [2.24, 2.45) is 0 Å². The van der Waals surface area contributed by atoms with Crippen LogP contribution in [0.25, 0.3) is 33.9 Å². The fraction of sp³-hybridized carbons (Fsp3) is 0.349. The first-order valence-electron chi connectivity index (χ1n) is 16.7. The number of allylic oxidation sites excluding steroid dienone is 3. The molecule has 232 valence electrons. The highest BCUT2D eigenvalue weighted by Gasteiger charge is 2.41. The Labute approximate surface area is 273 Å². The van der Waals surface area contributed by atoms with Crippen LogP contribution in [0.3, 0.4) is 0 Å². The zero-order chi connectivity index (χ0) is 32.4. The highest BCUT2D eigenvalue weighted by molar-refractivity contribution is 6.59. The van der Waals surface area contributed by atoms with Gasteiger partial charge in [-0.15, -0.1) is 0 Å². The van der Waals surface area contributed by atoms with Gasteiger partial charge in [0.2, 0.25) is 0 Å². The molecular formula is C43H50OSi. The fourth-order valence-corrected chi connectivity index (χ4v) is 10.2. The van der Waals surface area contributed by atoms with E-state index in [0.29, 0.717) is 5.54 Å². The number of ether oxygens (including phenoxy) is 1. The Kier molecular flexibility index (Phi) is 7.89. The Morgan fingerprint density at radius 2 is 1.29 bits per heavy atom. The van der Waals surface area contributed by atoms with Gasteiger partial charge < -0.3 is 4.74 Å². The SMILES string of the molecule is COc1c(C(C)(C)C)cc2c(c1-c1ccccc1)C=C(C)C2C1=C(C)C([SiH](C)C)c2cc(C(C)(C)C)cc(-c3ccccc3)c21. The van der Waals surface area contributed by atoms with E-state index in [2.05, 4.69) is 153 Å². The molecule has 0 radical (unpaired) electrons. The van der Waals surface area contributed by atoms with Gasteiger partial charge in [-0.25, -0.2) is 0 Å². The number of hydrogen-bond acceptors (Lipinski definition) is 1. The molecule has 0 heterocycles.